The molecule has 1 amide bonds. The van der Waals surface area contributed by atoms with Gasteiger partial charge in [0, 0.05) is 30.6 Å². The predicted molar refractivity (Wildman–Crippen MR) is 101 cm³/mol. The third-order valence-corrected chi connectivity index (χ3v) is 5.99. The Labute approximate surface area is 168 Å². The molecule has 1 aromatic heterocycles. The highest BCUT2D eigenvalue weighted by molar-refractivity contribution is 6.31. The summed E-state index contributed by atoms with van der Waals surface area (Å²) >= 11 is 5.94. The van der Waals surface area contributed by atoms with E-state index in [0.29, 0.717) is 35.7 Å². The van der Waals surface area contributed by atoms with Crippen molar-refractivity contribution in [3.63, 3.8) is 0 Å². The molecule has 2 aromatic rings. The lowest BCUT2D eigenvalue weighted by molar-refractivity contribution is 0.0641. The quantitative estimate of drug-likeness (QED) is 0.724. The molecule has 2 fully saturated rings. The molecule has 6 nitrogen and oxygen atoms in total. The predicted octanol–water partition coefficient (Wildman–Crippen LogP) is 3.98. The van der Waals surface area contributed by atoms with Gasteiger partial charge in [0.1, 0.15) is 12.4 Å². The van der Waals surface area contributed by atoms with E-state index in [1.54, 1.807) is 12.0 Å². The fourth-order valence-electron chi connectivity index (χ4n) is 4.02. The van der Waals surface area contributed by atoms with Gasteiger partial charge in [-0.25, -0.2) is 4.39 Å². The minimum atomic E-state index is -0.549. The van der Waals surface area contributed by atoms with E-state index >= 15 is 0 Å². The van der Waals surface area contributed by atoms with E-state index in [0.717, 1.165) is 19.3 Å². The molecular formula is C20H23ClFN3O3. The Balaban J connectivity index is 1.51. The first kappa shape index (κ1) is 19.3. The van der Waals surface area contributed by atoms with Crippen LogP contribution in [0.1, 0.15) is 54.2 Å². The topological polar surface area (TPSA) is 68.5 Å². The molecule has 1 aliphatic heterocycles. The third-order valence-electron chi connectivity index (χ3n) is 5.75. The van der Waals surface area contributed by atoms with Crippen molar-refractivity contribution in [1.29, 1.82) is 0 Å². The van der Waals surface area contributed by atoms with Gasteiger partial charge in [0.05, 0.1) is 5.56 Å². The van der Waals surface area contributed by atoms with Gasteiger partial charge in [-0.1, -0.05) is 29.6 Å². The van der Waals surface area contributed by atoms with Crippen LogP contribution in [0.25, 0.3) is 0 Å². The van der Waals surface area contributed by atoms with Crippen molar-refractivity contribution in [2.45, 2.75) is 44.1 Å². The van der Waals surface area contributed by atoms with Crippen molar-refractivity contribution in [3.8, 4) is 0 Å². The SMILES string of the molecule is COCc1nc(C2(CC3CC3)CCN(C(=O)c3cc(Cl)ccc3F)CC2)no1. The number of methoxy groups -OCH3 is 1. The summed E-state index contributed by atoms with van der Waals surface area (Å²) in [7, 11) is 1.59. The van der Waals surface area contributed by atoms with Crippen molar-refractivity contribution in [2.24, 2.45) is 5.92 Å². The smallest absolute Gasteiger partial charge is 0.256 e. The van der Waals surface area contributed by atoms with Crippen LogP contribution in [-0.2, 0) is 16.8 Å². The van der Waals surface area contributed by atoms with E-state index in [1.165, 1.54) is 31.0 Å². The van der Waals surface area contributed by atoms with Gasteiger partial charge in [0.25, 0.3) is 11.8 Å². The van der Waals surface area contributed by atoms with Crippen LogP contribution in [0.4, 0.5) is 4.39 Å². The van der Waals surface area contributed by atoms with Gasteiger partial charge in [-0.2, -0.15) is 4.98 Å². The number of piperidine rings is 1. The third kappa shape index (κ3) is 3.91. The first-order valence-electron chi connectivity index (χ1n) is 9.57. The number of aromatic nitrogens is 2. The second-order valence-corrected chi connectivity index (χ2v) is 8.23. The summed E-state index contributed by atoms with van der Waals surface area (Å²) in [5.41, 5.74) is -0.190. The lowest BCUT2D eigenvalue weighted by Crippen LogP contribution is -2.46. The number of amides is 1. The first-order valence-corrected chi connectivity index (χ1v) is 9.95. The average Bonchev–Trinajstić information content (AvgIpc) is 3.37. The van der Waals surface area contributed by atoms with Crippen LogP contribution in [0.2, 0.25) is 5.02 Å². The molecule has 0 spiro atoms. The van der Waals surface area contributed by atoms with Gasteiger partial charge in [0.2, 0.25) is 0 Å². The molecular weight excluding hydrogens is 385 g/mol. The highest BCUT2D eigenvalue weighted by atomic mass is 35.5. The monoisotopic (exact) mass is 407 g/mol. The number of likely N-dealkylation sites (tertiary alicyclic amines) is 1. The van der Waals surface area contributed by atoms with Crippen molar-refractivity contribution in [1.82, 2.24) is 15.0 Å². The molecule has 0 atom stereocenters. The van der Waals surface area contributed by atoms with Crippen LogP contribution in [-0.4, -0.2) is 41.1 Å². The molecule has 4 rings (SSSR count). The number of ether oxygens (including phenoxy) is 1. The molecule has 1 aliphatic carbocycles. The molecule has 0 unspecified atom stereocenters. The zero-order valence-corrected chi connectivity index (χ0v) is 16.5. The van der Waals surface area contributed by atoms with Crippen molar-refractivity contribution in [3.05, 3.63) is 46.3 Å². The van der Waals surface area contributed by atoms with Gasteiger partial charge < -0.3 is 14.2 Å². The Hall–Kier alpha value is -1.99. The summed E-state index contributed by atoms with van der Waals surface area (Å²) in [6.45, 7) is 1.32. The number of benzene rings is 1. The summed E-state index contributed by atoms with van der Waals surface area (Å²) in [5, 5.41) is 4.57. The minimum Gasteiger partial charge on any atom is -0.375 e. The lowest BCUT2D eigenvalue weighted by Gasteiger charge is -2.40. The second kappa shape index (κ2) is 7.79. The molecule has 1 saturated heterocycles. The van der Waals surface area contributed by atoms with Gasteiger partial charge in [0.15, 0.2) is 5.82 Å². The number of halogens is 2. The fourth-order valence-corrected chi connectivity index (χ4v) is 4.19. The molecule has 0 radical (unpaired) electrons. The Bertz CT molecular complexity index is 860. The van der Waals surface area contributed by atoms with E-state index in [4.69, 9.17) is 20.9 Å². The zero-order valence-electron chi connectivity index (χ0n) is 15.8. The van der Waals surface area contributed by atoms with Crippen LogP contribution >= 0.6 is 11.6 Å². The van der Waals surface area contributed by atoms with Crippen LogP contribution in [0.5, 0.6) is 0 Å². The zero-order chi connectivity index (χ0) is 19.7. The molecule has 8 heteroatoms. The Morgan fingerprint density at radius 3 is 2.82 bits per heavy atom. The van der Waals surface area contributed by atoms with Crippen molar-refractivity contribution >= 4 is 17.5 Å². The molecule has 28 heavy (non-hydrogen) atoms. The molecule has 1 saturated carbocycles. The molecule has 150 valence electrons. The van der Waals surface area contributed by atoms with E-state index < -0.39 is 5.82 Å². The number of carbonyl (C=O) groups excluding carboxylic acids is 1. The summed E-state index contributed by atoms with van der Waals surface area (Å²) in [4.78, 5) is 19.0. The van der Waals surface area contributed by atoms with Crippen LogP contribution in [0.3, 0.4) is 0 Å². The highest BCUT2D eigenvalue weighted by Gasteiger charge is 2.45. The van der Waals surface area contributed by atoms with E-state index in [1.807, 2.05) is 0 Å². The summed E-state index contributed by atoms with van der Waals surface area (Å²) in [6, 6.07) is 4.06. The Morgan fingerprint density at radius 2 is 2.14 bits per heavy atom. The maximum Gasteiger partial charge on any atom is 0.256 e. The standard InChI is InChI=1S/C20H23ClFN3O3/c1-27-12-17-23-19(24-28-17)20(11-13-2-3-13)6-8-25(9-7-20)18(26)15-10-14(21)4-5-16(15)22/h4-5,10,13H,2-3,6-9,11-12H2,1H3. The number of rotatable bonds is 6. The van der Waals surface area contributed by atoms with E-state index in [2.05, 4.69) is 10.1 Å². The molecule has 1 aromatic carbocycles. The van der Waals surface area contributed by atoms with Gasteiger partial charge in [-0.15, -0.1) is 0 Å². The lowest BCUT2D eigenvalue weighted by atomic mass is 9.73. The normalized spacial score (nSPS) is 19.0. The van der Waals surface area contributed by atoms with Gasteiger partial charge in [-0.05, 0) is 43.4 Å². The van der Waals surface area contributed by atoms with Crippen LogP contribution < -0.4 is 0 Å². The Kier molecular flexibility index (Phi) is 5.38. The first-order chi connectivity index (χ1) is 13.5. The second-order valence-electron chi connectivity index (χ2n) is 7.79. The average molecular weight is 408 g/mol. The largest absolute Gasteiger partial charge is 0.375 e. The molecule has 2 aliphatic rings. The summed E-state index contributed by atoms with van der Waals surface area (Å²) in [5.74, 6) is 0.969. The fraction of sp³-hybridized carbons (Fsp3) is 0.550. The summed E-state index contributed by atoms with van der Waals surface area (Å²) in [6.07, 6.45) is 4.89. The van der Waals surface area contributed by atoms with E-state index in [-0.39, 0.29) is 23.5 Å². The van der Waals surface area contributed by atoms with Gasteiger partial charge in [-0.3, -0.25) is 4.79 Å². The maximum absolute atomic E-state index is 14.1. The maximum atomic E-state index is 14.1. The van der Waals surface area contributed by atoms with Crippen molar-refractivity contribution < 1.29 is 18.4 Å². The Morgan fingerprint density at radius 1 is 1.39 bits per heavy atom. The van der Waals surface area contributed by atoms with E-state index in [9.17, 15) is 9.18 Å². The van der Waals surface area contributed by atoms with Crippen LogP contribution in [0, 0.1) is 11.7 Å². The highest BCUT2D eigenvalue weighted by Crippen LogP contribution is 2.46. The number of nitrogens with zero attached hydrogens (tertiary/aromatic N) is 3. The number of hydrogen-bond donors (Lipinski definition) is 0. The number of hydrogen-bond acceptors (Lipinski definition) is 5. The molecule has 0 N–H and O–H groups in total. The molecule has 0 bridgehead atoms. The van der Waals surface area contributed by atoms with Gasteiger partial charge >= 0.3 is 0 Å². The minimum absolute atomic E-state index is 0.0177. The van der Waals surface area contributed by atoms with Crippen molar-refractivity contribution in [2.75, 3.05) is 20.2 Å². The summed E-state index contributed by atoms with van der Waals surface area (Å²) < 4.78 is 24.5. The van der Waals surface area contributed by atoms with Crippen LogP contribution in [0.15, 0.2) is 22.7 Å². The number of carbonyl (C=O) groups is 1. The molecule has 2 heterocycles.